The number of aliphatic carboxylic acids is 1. The number of hydrogen-bond acceptors (Lipinski definition) is 4. The second-order valence-corrected chi connectivity index (χ2v) is 7.73. The average molecular weight is 459 g/mol. The minimum atomic E-state index is -1.35. The van der Waals surface area contributed by atoms with E-state index in [-0.39, 0.29) is 37.4 Å². The molecule has 3 rings (SSSR count). The van der Waals surface area contributed by atoms with Gasteiger partial charge in [-0.25, -0.2) is 4.79 Å². The summed E-state index contributed by atoms with van der Waals surface area (Å²) in [5.74, 6) is -2.15. The number of carbonyl (C=O) groups is 4. The first-order chi connectivity index (χ1) is 15.2. The van der Waals surface area contributed by atoms with Gasteiger partial charge in [0.2, 0.25) is 0 Å². The van der Waals surface area contributed by atoms with Crippen LogP contribution in [-0.4, -0.2) is 46.8 Å². The normalized spacial score (nSPS) is 16.4. The van der Waals surface area contributed by atoms with E-state index in [2.05, 4.69) is 10.6 Å². The molecule has 3 amide bonds. The minimum absolute atomic E-state index is 0. The summed E-state index contributed by atoms with van der Waals surface area (Å²) < 4.78 is 0. The van der Waals surface area contributed by atoms with Gasteiger partial charge in [-0.1, -0.05) is 54.6 Å². The molecule has 0 fully saturated rings. The number of benzene rings is 2. The van der Waals surface area contributed by atoms with Crippen LogP contribution in [0.25, 0.3) is 0 Å². The standard InChI is InChI=1S/C24H25N3O5.Na.H/c1-15-14-27(2)23(31)21(22(15)30)26-24(32)25-19(13-20(28)29)18-10-6-9-17(12-18)11-16-7-4-3-5-8-16;;/h3-10,12,14,19,21H,11,13H2,1-2H3,(H,28,29)(H2,25,26,32);;/q;+1;-1/t19-,21?;;/m0../s1. The van der Waals surface area contributed by atoms with Gasteiger partial charge in [-0.15, -0.1) is 0 Å². The largest absolute Gasteiger partial charge is 1.00 e. The summed E-state index contributed by atoms with van der Waals surface area (Å²) in [7, 11) is 1.50. The van der Waals surface area contributed by atoms with Gasteiger partial charge in [-0.05, 0) is 30.0 Å². The van der Waals surface area contributed by atoms with Crippen molar-refractivity contribution in [3.8, 4) is 0 Å². The van der Waals surface area contributed by atoms with Crippen molar-refractivity contribution in [2.45, 2.75) is 31.8 Å². The first-order valence-corrected chi connectivity index (χ1v) is 10.2. The van der Waals surface area contributed by atoms with Gasteiger partial charge < -0.3 is 22.1 Å². The second kappa shape index (κ2) is 11.8. The Morgan fingerprint density at radius 3 is 2.42 bits per heavy atom. The molecule has 2 aromatic carbocycles. The molecule has 0 radical (unpaired) electrons. The first kappa shape index (κ1) is 26.3. The van der Waals surface area contributed by atoms with Crippen molar-refractivity contribution in [2.75, 3.05) is 7.05 Å². The molecule has 33 heavy (non-hydrogen) atoms. The van der Waals surface area contributed by atoms with E-state index in [0.29, 0.717) is 17.6 Å². The van der Waals surface area contributed by atoms with E-state index in [1.807, 2.05) is 42.5 Å². The van der Waals surface area contributed by atoms with Crippen LogP contribution in [-0.2, 0) is 20.8 Å². The molecule has 1 heterocycles. The number of carbonyl (C=O) groups excluding carboxylic acids is 3. The molecule has 0 saturated heterocycles. The Labute approximate surface area is 215 Å². The van der Waals surface area contributed by atoms with E-state index in [1.165, 1.54) is 18.1 Å². The van der Waals surface area contributed by atoms with Gasteiger partial charge >= 0.3 is 41.6 Å². The molecular formula is C24H26N3NaO5. The van der Waals surface area contributed by atoms with Crippen molar-refractivity contribution in [3.63, 3.8) is 0 Å². The van der Waals surface area contributed by atoms with Crippen LogP contribution in [0.15, 0.2) is 66.4 Å². The van der Waals surface area contributed by atoms with E-state index in [4.69, 9.17) is 0 Å². The van der Waals surface area contributed by atoms with Gasteiger partial charge in [-0.3, -0.25) is 14.4 Å². The molecule has 0 bridgehead atoms. The Morgan fingerprint density at radius 1 is 1.09 bits per heavy atom. The number of urea groups is 1. The third kappa shape index (κ3) is 7.02. The number of Topliss-reactive ketones (excluding diaryl/α,β-unsaturated/α-hetero) is 1. The van der Waals surface area contributed by atoms with Crippen LogP contribution in [0.2, 0.25) is 0 Å². The number of amides is 3. The fourth-order valence-electron chi connectivity index (χ4n) is 3.60. The van der Waals surface area contributed by atoms with Crippen LogP contribution in [0.4, 0.5) is 4.79 Å². The first-order valence-electron chi connectivity index (χ1n) is 10.2. The summed E-state index contributed by atoms with van der Waals surface area (Å²) in [6.07, 6.45) is 1.71. The van der Waals surface area contributed by atoms with E-state index in [9.17, 15) is 24.3 Å². The van der Waals surface area contributed by atoms with E-state index >= 15 is 0 Å². The van der Waals surface area contributed by atoms with Crippen LogP contribution >= 0.6 is 0 Å². The summed E-state index contributed by atoms with van der Waals surface area (Å²) in [5, 5.41) is 14.3. The minimum Gasteiger partial charge on any atom is -1.00 e. The molecule has 0 saturated carbocycles. The van der Waals surface area contributed by atoms with E-state index in [0.717, 1.165) is 11.1 Å². The summed E-state index contributed by atoms with van der Waals surface area (Å²) >= 11 is 0. The molecule has 2 aromatic rings. The van der Waals surface area contributed by atoms with Crippen molar-refractivity contribution in [1.82, 2.24) is 15.5 Å². The summed E-state index contributed by atoms with van der Waals surface area (Å²) in [6, 6.07) is 14.2. The molecule has 0 aliphatic carbocycles. The van der Waals surface area contributed by atoms with Gasteiger partial charge in [0.05, 0.1) is 12.5 Å². The number of hydrogen-bond donors (Lipinski definition) is 3. The topological polar surface area (TPSA) is 116 Å². The quantitative estimate of drug-likeness (QED) is 0.382. The van der Waals surface area contributed by atoms with Crippen molar-refractivity contribution >= 4 is 23.7 Å². The molecule has 2 atom stereocenters. The van der Waals surface area contributed by atoms with Gasteiger partial charge in [0.1, 0.15) is 0 Å². The third-order valence-electron chi connectivity index (χ3n) is 5.20. The third-order valence-corrected chi connectivity index (χ3v) is 5.20. The molecule has 0 spiro atoms. The Morgan fingerprint density at radius 2 is 1.76 bits per heavy atom. The monoisotopic (exact) mass is 459 g/mol. The Bertz CT molecular complexity index is 1080. The maximum absolute atomic E-state index is 12.6. The number of carboxylic acids is 1. The van der Waals surface area contributed by atoms with Crippen LogP contribution < -0.4 is 40.2 Å². The van der Waals surface area contributed by atoms with Crippen molar-refractivity contribution in [1.29, 1.82) is 0 Å². The molecule has 168 valence electrons. The number of rotatable bonds is 7. The Hall–Kier alpha value is -2.94. The predicted molar refractivity (Wildman–Crippen MR) is 119 cm³/mol. The van der Waals surface area contributed by atoms with Gasteiger partial charge in [0.25, 0.3) is 5.91 Å². The number of likely N-dealkylation sites (N-methyl/N-ethyl adjacent to an activating group) is 1. The van der Waals surface area contributed by atoms with Crippen LogP contribution in [0, 0.1) is 0 Å². The van der Waals surface area contributed by atoms with Gasteiger partial charge in [0, 0.05) is 18.8 Å². The molecule has 9 heteroatoms. The number of carboxylic acid groups (broad SMARTS) is 1. The SMILES string of the molecule is CC1=CN(C)C(=O)C(NC(=O)N[C@@H](CC(=O)O)c2cccc(Cc3ccccc3)c2)C1=O.[H-].[Na+]. The average Bonchev–Trinajstić information content (AvgIpc) is 2.75. The predicted octanol–water partition coefficient (Wildman–Crippen LogP) is -0.478. The molecular weight excluding hydrogens is 433 g/mol. The number of nitrogens with one attached hydrogen (secondary N) is 2. The maximum Gasteiger partial charge on any atom is 1.00 e. The molecule has 0 aromatic heterocycles. The smallest absolute Gasteiger partial charge is 1.00 e. The fourth-order valence-corrected chi connectivity index (χ4v) is 3.60. The second-order valence-electron chi connectivity index (χ2n) is 7.73. The van der Waals surface area contributed by atoms with Crippen LogP contribution in [0.1, 0.15) is 37.5 Å². The Balaban J connectivity index is 0.00000289. The summed E-state index contributed by atoms with van der Waals surface area (Å²) in [5.41, 5.74) is 3.02. The maximum atomic E-state index is 12.6. The summed E-state index contributed by atoms with van der Waals surface area (Å²) in [6.45, 7) is 1.56. The van der Waals surface area contributed by atoms with Crippen molar-refractivity contribution in [3.05, 3.63) is 83.1 Å². The zero-order valence-corrected chi connectivity index (χ0v) is 20.9. The molecule has 1 aliphatic rings. The fraction of sp³-hybridized carbons (Fsp3) is 0.250. The van der Waals surface area contributed by atoms with Crippen LogP contribution in [0.5, 0.6) is 0 Å². The molecule has 1 unspecified atom stereocenters. The summed E-state index contributed by atoms with van der Waals surface area (Å²) in [4.78, 5) is 49.9. The Kier molecular flexibility index (Phi) is 9.40. The zero-order chi connectivity index (χ0) is 23.3. The number of nitrogens with zero attached hydrogens (tertiary/aromatic N) is 1. The molecule has 1 aliphatic heterocycles. The van der Waals surface area contributed by atoms with Crippen molar-refractivity contribution in [2.24, 2.45) is 0 Å². The zero-order valence-electron chi connectivity index (χ0n) is 19.9. The van der Waals surface area contributed by atoms with E-state index in [1.54, 1.807) is 19.1 Å². The molecule has 8 nitrogen and oxygen atoms in total. The van der Waals surface area contributed by atoms with Gasteiger partial charge in [-0.2, -0.15) is 0 Å². The number of ketones is 1. The molecule has 3 N–H and O–H groups in total. The van der Waals surface area contributed by atoms with Gasteiger partial charge in [0.15, 0.2) is 11.8 Å². The van der Waals surface area contributed by atoms with E-state index < -0.39 is 35.8 Å². The van der Waals surface area contributed by atoms with Crippen molar-refractivity contribution < 1.29 is 55.3 Å². The van der Waals surface area contributed by atoms with Crippen LogP contribution in [0.3, 0.4) is 0 Å².